The smallest absolute Gasteiger partial charge is 0.222 e. The lowest BCUT2D eigenvalue weighted by molar-refractivity contribution is -0.121. The van der Waals surface area contributed by atoms with E-state index in [2.05, 4.69) is 34.4 Å². The maximum atomic E-state index is 11.7. The summed E-state index contributed by atoms with van der Waals surface area (Å²) in [6, 6.07) is 0.253. The summed E-state index contributed by atoms with van der Waals surface area (Å²) in [4.78, 5) is 18.5. The summed E-state index contributed by atoms with van der Waals surface area (Å²) in [5, 5.41) is 6.26. The van der Waals surface area contributed by atoms with Crippen molar-refractivity contribution in [1.29, 1.82) is 0 Å². The highest BCUT2D eigenvalue weighted by Crippen LogP contribution is 2.07. The lowest BCUT2D eigenvalue weighted by atomic mass is 10.2. The van der Waals surface area contributed by atoms with Crippen LogP contribution in [0.15, 0.2) is 4.99 Å². The van der Waals surface area contributed by atoms with Crippen LogP contribution in [0, 0.1) is 0 Å². The Morgan fingerprint density at radius 1 is 1.30 bits per heavy atom. The maximum absolute atomic E-state index is 11.7. The fourth-order valence-electron chi connectivity index (χ4n) is 2.07. The molecule has 1 aliphatic rings. The number of likely N-dealkylation sites (tertiary alicyclic amines) is 1. The minimum atomic E-state index is 0. The first-order valence-corrected chi connectivity index (χ1v) is 7.50. The molecule has 2 N–H and O–H groups in total. The third-order valence-electron chi connectivity index (χ3n) is 3.36. The summed E-state index contributed by atoms with van der Waals surface area (Å²) in [6.45, 7) is 9.74. The second kappa shape index (κ2) is 11.2. The van der Waals surface area contributed by atoms with Gasteiger partial charge in [-0.3, -0.25) is 9.79 Å². The van der Waals surface area contributed by atoms with Crippen LogP contribution in [0.1, 0.15) is 46.5 Å². The Hall–Kier alpha value is -0.530. The van der Waals surface area contributed by atoms with Gasteiger partial charge in [0.05, 0.1) is 6.54 Å². The first-order valence-electron chi connectivity index (χ1n) is 7.50. The van der Waals surface area contributed by atoms with E-state index in [4.69, 9.17) is 0 Å². The number of carbonyl (C=O) groups is 1. The number of amides is 1. The van der Waals surface area contributed by atoms with E-state index in [-0.39, 0.29) is 35.9 Å². The predicted molar refractivity (Wildman–Crippen MR) is 94.7 cm³/mol. The van der Waals surface area contributed by atoms with Gasteiger partial charge in [-0.25, -0.2) is 0 Å². The number of nitrogens with one attached hydrogen (secondary N) is 2. The first-order chi connectivity index (χ1) is 9.17. The molecule has 1 rings (SSSR count). The summed E-state index contributed by atoms with van der Waals surface area (Å²) >= 11 is 0. The largest absolute Gasteiger partial charge is 0.357 e. The van der Waals surface area contributed by atoms with Crippen molar-refractivity contribution in [2.75, 3.05) is 26.2 Å². The fraction of sp³-hybridized carbons (Fsp3) is 0.857. The predicted octanol–water partition coefficient (Wildman–Crippen LogP) is 1.97. The molecular weight excluding hydrogens is 367 g/mol. The van der Waals surface area contributed by atoms with Crippen molar-refractivity contribution in [3.63, 3.8) is 0 Å². The van der Waals surface area contributed by atoms with Crippen molar-refractivity contribution in [3.8, 4) is 0 Å². The van der Waals surface area contributed by atoms with Gasteiger partial charge in [-0.05, 0) is 33.1 Å². The second-order valence-electron chi connectivity index (χ2n) is 5.06. The van der Waals surface area contributed by atoms with Gasteiger partial charge in [0.2, 0.25) is 5.91 Å². The van der Waals surface area contributed by atoms with Gasteiger partial charge in [0.25, 0.3) is 0 Å². The van der Waals surface area contributed by atoms with E-state index in [1.807, 2.05) is 6.92 Å². The van der Waals surface area contributed by atoms with Gasteiger partial charge in [-0.1, -0.05) is 6.92 Å². The second-order valence-corrected chi connectivity index (χ2v) is 5.06. The zero-order chi connectivity index (χ0) is 14.1. The lowest BCUT2D eigenvalue weighted by Gasteiger charge is -2.20. The number of aliphatic imine (C=N–C) groups is 1. The standard InChI is InChI=1S/C14H28N4O.HI/c1-4-12(3)17-13(19)8-9-16-14(15-5-2)18-10-6-7-11-18;/h12H,4-11H2,1-3H3,(H,15,16)(H,17,19);1H. The maximum Gasteiger partial charge on any atom is 0.222 e. The molecule has 20 heavy (non-hydrogen) atoms. The number of halogens is 1. The van der Waals surface area contributed by atoms with Crippen molar-refractivity contribution < 1.29 is 4.79 Å². The van der Waals surface area contributed by atoms with Crippen LogP contribution in [0.3, 0.4) is 0 Å². The molecule has 0 aromatic carbocycles. The van der Waals surface area contributed by atoms with E-state index in [1.165, 1.54) is 12.8 Å². The third-order valence-corrected chi connectivity index (χ3v) is 3.36. The van der Waals surface area contributed by atoms with E-state index in [9.17, 15) is 4.79 Å². The monoisotopic (exact) mass is 396 g/mol. The van der Waals surface area contributed by atoms with Crippen molar-refractivity contribution in [2.45, 2.75) is 52.5 Å². The lowest BCUT2D eigenvalue weighted by Crippen LogP contribution is -2.40. The average molecular weight is 396 g/mol. The summed E-state index contributed by atoms with van der Waals surface area (Å²) in [7, 11) is 0. The van der Waals surface area contributed by atoms with E-state index in [1.54, 1.807) is 0 Å². The van der Waals surface area contributed by atoms with Gasteiger partial charge in [0.1, 0.15) is 0 Å². The van der Waals surface area contributed by atoms with Crippen molar-refractivity contribution >= 4 is 35.8 Å². The molecule has 0 saturated carbocycles. The number of guanidine groups is 1. The van der Waals surface area contributed by atoms with E-state index in [0.29, 0.717) is 13.0 Å². The summed E-state index contributed by atoms with van der Waals surface area (Å²) in [6.07, 6.45) is 3.90. The van der Waals surface area contributed by atoms with Crippen LogP contribution in [0.25, 0.3) is 0 Å². The molecule has 5 nitrogen and oxygen atoms in total. The Morgan fingerprint density at radius 3 is 2.50 bits per heavy atom. The molecular formula is C14H29IN4O. The Kier molecular flexibility index (Phi) is 10.9. The highest BCUT2D eigenvalue weighted by Gasteiger charge is 2.15. The quantitative estimate of drug-likeness (QED) is 0.410. The molecule has 0 radical (unpaired) electrons. The molecule has 118 valence electrons. The minimum absolute atomic E-state index is 0. The van der Waals surface area contributed by atoms with Gasteiger partial charge < -0.3 is 15.5 Å². The Morgan fingerprint density at radius 2 is 1.95 bits per heavy atom. The highest BCUT2D eigenvalue weighted by atomic mass is 127. The van der Waals surface area contributed by atoms with Crippen molar-refractivity contribution in [3.05, 3.63) is 0 Å². The normalized spacial score (nSPS) is 16.6. The van der Waals surface area contributed by atoms with Gasteiger partial charge in [-0.15, -0.1) is 24.0 Å². The molecule has 0 aliphatic carbocycles. The molecule has 1 amide bonds. The van der Waals surface area contributed by atoms with Crippen LogP contribution in [-0.2, 0) is 4.79 Å². The Bertz CT molecular complexity index is 304. The number of hydrogen-bond donors (Lipinski definition) is 2. The van der Waals surface area contributed by atoms with E-state index in [0.717, 1.165) is 32.0 Å². The van der Waals surface area contributed by atoms with Crippen LogP contribution in [-0.4, -0.2) is 49.0 Å². The van der Waals surface area contributed by atoms with Gasteiger partial charge >= 0.3 is 0 Å². The molecule has 1 unspecified atom stereocenters. The first kappa shape index (κ1) is 19.5. The average Bonchev–Trinajstić information content (AvgIpc) is 2.91. The zero-order valence-corrected chi connectivity index (χ0v) is 15.3. The molecule has 0 aromatic rings. The summed E-state index contributed by atoms with van der Waals surface area (Å²) in [5.74, 6) is 1.05. The highest BCUT2D eigenvalue weighted by molar-refractivity contribution is 14.0. The molecule has 1 fully saturated rings. The molecule has 1 saturated heterocycles. The number of nitrogens with zero attached hydrogens (tertiary/aromatic N) is 2. The summed E-state index contributed by atoms with van der Waals surface area (Å²) < 4.78 is 0. The van der Waals surface area contributed by atoms with Crippen LogP contribution in [0.5, 0.6) is 0 Å². The fourth-order valence-corrected chi connectivity index (χ4v) is 2.07. The molecule has 1 atom stereocenters. The van der Waals surface area contributed by atoms with E-state index < -0.39 is 0 Å². The van der Waals surface area contributed by atoms with E-state index >= 15 is 0 Å². The number of hydrogen-bond acceptors (Lipinski definition) is 2. The van der Waals surface area contributed by atoms with Gasteiger partial charge in [0.15, 0.2) is 5.96 Å². The van der Waals surface area contributed by atoms with Crippen LogP contribution < -0.4 is 10.6 Å². The molecule has 0 aromatic heterocycles. The molecule has 0 spiro atoms. The molecule has 1 aliphatic heterocycles. The van der Waals surface area contributed by atoms with Crippen molar-refractivity contribution in [2.24, 2.45) is 4.99 Å². The van der Waals surface area contributed by atoms with Gasteiger partial charge in [0, 0.05) is 32.1 Å². The molecule has 0 bridgehead atoms. The Balaban J connectivity index is 0.00000361. The SMILES string of the molecule is CCNC(=NCCC(=O)NC(C)CC)N1CCCC1.I. The van der Waals surface area contributed by atoms with Gasteiger partial charge in [-0.2, -0.15) is 0 Å². The minimum Gasteiger partial charge on any atom is -0.357 e. The number of carbonyl (C=O) groups excluding carboxylic acids is 1. The molecule has 1 heterocycles. The van der Waals surface area contributed by atoms with Crippen molar-refractivity contribution in [1.82, 2.24) is 15.5 Å². The third kappa shape index (κ3) is 7.31. The van der Waals surface area contributed by atoms with Crippen LogP contribution >= 0.6 is 24.0 Å². The zero-order valence-electron chi connectivity index (χ0n) is 12.9. The van der Waals surface area contributed by atoms with Crippen LogP contribution in [0.2, 0.25) is 0 Å². The van der Waals surface area contributed by atoms with Crippen LogP contribution in [0.4, 0.5) is 0 Å². The Labute approximate surface area is 140 Å². The molecule has 6 heteroatoms. The number of rotatable bonds is 6. The summed E-state index contributed by atoms with van der Waals surface area (Å²) in [5.41, 5.74) is 0. The topological polar surface area (TPSA) is 56.7 Å².